The van der Waals surface area contributed by atoms with Crippen LogP contribution in [0.25, 0.3) is 0 Å². The summed E-state index contributed by atoms with van der Waals surface area (Å²) in [5.74, 6) is -0.794. The number of nitrogens with zero attached hydrogens (tertiary/aromatic N) is 1. The number of hydrogen-bond acceptors (Lipinski definition) is 2. The van der Waals surface area contributed by atoms with Crippen LogP contribution < -0.4 is 0 Å². The zero-order valence-electron chi connectivity index (χ0n) is 15.6. The molecule has 1 heterocycles. The molecular weight excluding hydrogens is 316 g/mol. The lowest BCUT2D eigenvalue weighted by Crippen LogP contribution is -2.33. The van der Waals surface area contributed by atoms with E-state index in [1.54, 1.807) is 6.07 Å². The molecule has 1 saturated heterocycles. The maximum absolute atomic E-state index is 13.9. The molecule has 5 heteroatoms. The number of hydrogen-bond donors (Lipinski definition) is 1. The smallest absolute Gasteiger partial charge is 0.301 e. The number of carboxylic acid groups (broad SMARTS) is 1. The summed E-state index contributed by atoms with van der Waals surface area (Å²) >= 11 is 0. The summed E-state index contributed by atoms with van der Waals surface area (Å²) in [5, 5.41) is 8.96. The van der Waals surface area contributed by atoms with Gasteiger partial charge in [0.25, 0.3) is 0 Å². The zero-order valence-corrected chi connectivity index (χ0v) is 15.6. The van der Waals surface area contributed by atoms with Gasteiger partial charge >= 0.3 is 5.97 Å². The minimum Gasteiger partial charge on any atom is -0.481 e. The largest absolute Gasteiger partial charge is 0.481 e. The Morgan fingerprint density at radius 1 is 1.36 bits per heavy atom. The lowest BCUT2D eigenvalue weighted by atomic mass is 9.63. The summed E-state index contributed by atoms with van der Waals surface area (Å²) in [6, 6.07) is 7.40. The number of rotatable bonds is 10. The van der Waals surface area contributed by atoms with Crippen LogP contribution >= 0.6 is 0 Å². The number of benzene rings is 1. The third kappa shape index (κ3) is 5.57. The highest BCUT2D eigenvalue weighted by atomic mass is 19.1. The topological polar surface area (TPSA) is 40.5 Å². The highest BCUT2D eigenvalue weighted by Gasteiger charge is 2.32. The summed E-state index contributed by atoms with van der Waals surface area (Å²) in [6.07, 6.45) is 7.33. The lowest BCUT2D eigenvalue weighted by molar-refractivity contribution is -0.141. The Kier molecular flexibility index (Phi) is 7.48. The maximum Gasteiger partial charge on any atom is 0.301 e. The molecule has 0 bridgehead atoms. The van der Waals surface area contributed by atoms with Gasteiger partial charge in [-0.2, -0.15) is 0 Å². The molecule has 2 atom stereocenters. The molecule has 0 aliphatic carbocycles. The third-order valence-corrected chi connectivity index (χ3v) is 5.68. The van der Waals surface area contributed by atoms with Crippen LogP contribution in [0.4, 0.5) is 4.39 Å². The summed E-state index contributed by atoms with van der Waals surface area (Å²) in [7, 11) is 1.88. The van der Waals surface area contributed by atoms with Crippen LogP contribution in [-0.2, 0) is 11.2 Å². The molecule has 25 heavy (non-hydrogen) atoms. The second-order valence-electron chi connectivity index (χ2n) is 7.70. The minimum atomic E-state index is -0.676. The number of carbonyl (C=O) groups is 1. The van der Waals surface area contributed by atoms with Gasteiger partial charge in [0.1, 0.15) is 13.7 Å². The van der Waals surface area contributed by atoms with Crippen LogP contribution in [0.1, 0.15) is 57.4 Å². The molecule has 1 aliphatic heterocycles. The maximum atomic E-state index is 13.9. The summed E-state index contributed by atoms with van der Waals surface area (Å²) in [6.45, 7) is 4.05. The Bertz CT molecular complexity index is 568. The Morgan fingerprint density at radius 2 is 2.08 bits per heavy atom. The standard InChI is InChI=1S/C20H31BFNO2/c1-2-3-11-20(21,19(24)25)12-7-14-23-13-6-9-17(23)15-16-8-4-5-10-18(16)22/h4-5,8,10,17H,2-3,6-7,9,11-15,21H2,1H3,(H,24,25). The number of unbranched alkanes of at least 4 members (excludes halogenated alkanes) is 1. The summed E-state index contributed by atoms with van der Waals surface area (Å²) < 4.78 is 13.9. The highest BCUT2D eigenvalue weighted by molar-refractivity contribution is 6.26. The van der Waals surface area contributed by atoms with Crippen LogP contribution in [0.2, 0.25) is 5.31 Å². The van der Waals surface area contributed by atoms with Crippen LogP contribution in [0.5, 0.6) is 0 Å². The number of likely N-dealkylation sites (tertiary alicyclic amines) is 1. The Hall–Kier alpha value is -1.36. The minimum absolute atomic E-state index is 0.118. The predicted molar refractivity (Wildman–Crippen MR) is 102 cm³/mol. The second kappa shape index (κ2) is 9.37. The highest BCUT2D eigenvalue weighted by Crippen LogP contribution is 2.35. The van der Waals surface area contributed by atoms with Crippen LogP contribution in [0.3, 0.4) is 0 Å². The molecule has 1 fully saturated rings. The first kappa shape index (κ1) is 20.0. The van der Waals surface area contributed by atoms with Crippen LogP contribution in [0.15, 0.2) is 24.3 Å². The average molecular weight is 347 g/mol. The van der Waals surface area contributed by atoms with E-state index in [9.17, 15) is 14.3 Å². The molecule has 0 spiro atoms. The van der Waals surface area contributed by atoms with Crippen LogP contribution in [-0.4, -0.2) is 43.0 Å². The van der Waals surface area contributed by atoms with Gasteiger partial charge < -0.3 is 10.0 Å². The molecule has 0 saturated carbocycles. The Morgan fingerprint density at radius 3 is 2.76 bits per heavy atom. The zero-order chi connectivity index (χ0) is 18.3. The third-order valence-electron chi connectivity index (χ3n) is 5.68. The van der Waals surface area contributed by atoms with Crippen molar-refractivity contribution in [3.63, 3.8) is 0 Å². The van der Waals surface area contributed by atoms with Gasteiger partial charge in [-0.05, 0) is 63.2 Å². The number of halogens is 1. The van der Waals surface area contributed by atoms with Crippen molar-refractivity contribution in [2.45, 2.75) is 69.6 Å². The predicted octanol–water partition coefficient (Wildman–Crippen LogP) is 3.68. The fraction of sp³-hybridized carbons (Fsp3) is 0.650. The van der Waals surface area contributed by atoms with E-state index in [-0.39, 0.29) is 5.82 Å². The number of aliphatic carboxylic acids is 1. The van der Waals surface area contributed by atoms with Gasteiger partial charge in [0.2, 0.25) is 0 Å². The van der Waals surface area contributed by atoms with E-state index in [4.69, 9.17) is 0 Å². The van der Waals surface area contributed by atoms with Gasteiger partial charge in [0, 0.05) is 11.4 Å². The molecule has 2 unspecified atom stereocenters. The van der Waals surface area contributed by atoms with E-state index in [0.29, 0.717) is 12.5 Å². The van der Waals surface area contributed by atoms with Crippen molar-refractivity contribution < 1.29 is 14.3 Å². The van der Waals surface area contributed by atoms with Crippen molar-refractivity contribution in [1.29, 1.82) is 0 Å². The van der Waals surface area contributed by atoms with Crippen molar-refractivity contribution in [2.24, 2.45) is 0 Å². The van der Waals surface area contributed by atoms with Gasteiger partial charge in [-0.3, -0.25) is 4.79 Å². The van der Waals surface area contributed by atoms with E-state index >= 15 is 0 Å². The van der Waals surface area contributed by atoms with Gasteiger partial charge in [-0.25, -0.2) is 4.39 Å². The first-order chi connectivity index (χ1) is 12.0. The fourth-order valence-electron chi connectivity index (χ4n) is 3.92. The monoisotopic (exact) mass is 347 g/mol. The van der Waals surface area contributed by atoms with Gasteiger partial charge in [-0.15, -0.1) is 0 Å². The average Bonchev–Trinajstić information content (AvgIpc) is 3.02. The number of carboxylic acids is 1. The van der Waals surface area contributed by atoms with Gasteiger partial charge in [-0.1, -0.05) is 38.0 Å². The van der Waals surface area contributed by atoms with Crippen LogP contribution in [0, 0.1) is 5.82 Å². The summed E-state index contributed by atoms with van der Waals surface area (Å²) in [4.78, 5) is 14.1. The molecule has 2 rings (SSSR count). The molecule has 0 amide bonds. The molecule has 0 radical (unpaired) electrons. The lowest BCUT2D eigenvalue weighted by Gasteiger charge is -2.28. The first-order valence-electron chi connectivity index (χ1n) is 9.67. The Labute approximate surface area is 152 Å². The van der Waals surface area contributed by atoms with Crippen molar-refractivity contribution in [2.75, 3.05) is 13.1 Å². The van der Waals surface area contributed by atoms with E-state index in [1.807, 2.05) is 20.0 Å². The van der Waals surface area contributed by atoms with Crippen molar-refractivity contribution >= 4 is 13.8 Å². The van der Waals surface area contributed by atoms with Crippen molar-refractivity contribution in [3.05, 3.63) is 35.6 Å². The molecule has 3 nitrogen and oxygen atoms in total. The van der Waals surface area contributed by atoms with Gasteiger partial charge in [0.05, 0.1) is 0 Å². The van der Waals surface area contributed by atoms with Gasteiger partial charge in [0.15, 0.2) is 0 Å². The summed E-state index contributed by atoms with van der Waals surface area (Å²) in [5.41, 5.74) is 0.790. The molecule has 1 N–H and O–H groups in total. The normalized spacial score (nSPS) is 20.5. The first-order valence-corrected chi connectivity index (χ1v) is 9.67. The molecule has 0 aromatic heterocycles. The van der Waals surface area contributed by atoms with E-state index < -0.39 is 11.3 Å². The van der Waals surface area contributed by atoms with E-state index in [0.717, 1.165) is 63.6 Å². The SMILES string of the molecule is BC(CCCC)(CCCN1CCCC1Cc1ccccc1F)C(=O)O. The molecule has 1 aromatic carbocycles. The van der Waals surface area contributed by atoms with Crippen molar-refractivity contribution in [3.8, 4) is 0 Å². The fourth-order valence-corrected chi connectivity index (χ4v) is 3.92. The molecular formula is C20H31BFNO2. The molecule has 1 aromatic rings. The Balaban J connectivity index is 1.86. The van der Waals surface area contributed by atoms with E-state index in [1.165, 1.54) is 6.07 Å². The molecule has 138 valence electrons. The quantitative estimate of drug-likeness (QED) is 0.657. The molecule has 1 aliphatic rings. The van der Waals surface area contributed by atoms with Crippen molar-refractivity contribution in [1.82, 2.24) is 4.90 Å². The second-order valence-corrected chi connectivity index (χ2v) is 7.70. The van der Waals surface area contributed by atoms with E-state index in [2.05, 4.69) is 11.8 Å².